The van der Waals surface area contributed by atoms with Crippen LogP contribution in [0.25, 0.3) is 11.3 Å². The summed E-state index contributed by atoms with van der Waals surface area (Å²) in [5.74, 6) is 1.50. The molecule has 1 heterocycles. The molecule has 0 aliphatic rings. The van der Waals surface area contributed by atoms with Gasteiger partial charge in [0.25, 0.3) is 0 Å². The van der Waals surface area contributed by atoms with Crippen LogP contribution in [0.4, 0.5) is 0 Å². The minimum Gasteiger partial charge on any atom is -0.241 e. The standard InChI is InChI=1S/C20H26BrN/c1-12(2)15-10-16(13(3)4)20(17(11-15)14(5)6)18-8-7-9-19(21)22-18/h7-14H,1-6H3. The maximum atomic E-state index is 4.72. The van der Waals surface area contributed by atoms with Gasteiger partial charge in [0, 0.05) is 5.56 Å². The minimum absolute atomic E-state index is 0.479. The largest absolute Gasteiger partial charge is 0.241 e. The summed E-state index contributed by atoms with van der Waals surface area (Å²) in [6.07, 6.45) is 0. The average molecular weight is 360 g/mol. The van der Waals surface area contributed by atoms with Crippen molar-refractivity contribution in [2.45, 2.75) is 59.3 Å². The van der Waals surface area contributed by atoms with E-state index in [0.29, 0.717) is 17.8 Å². The first kappa shape index (κ1) is 17.2. The highest BCUT2D eigenvalue weighted by Crippen LogP contribution is 2.38. The van der Waals surface area contributed by atoms with Crippen LogP contribution in [-0.2, 0) is 0 Å². The van der Waals surface area contributed by atoms with Gasteiger partial charge in [0.2, 0.25) is 0 Å². The predicted octanol–water partition coefficient (Wildman–Crippen LogP) is 6.88. The quantitative estimate of drug-likeness (QED) is 0.542. The first-order valence-electron chi connectivity index (χ1n) is 8.12. The fourth-order valence-electron chi connectivity index (χ4n) is 2.80. The van der Waals surface area contributed by atoms with Crippen molar-refractivity contribution in [3.8, 4) is 11.3 Å². The number of halogens is 1. The highest BCUT2D eigenvalue weighted by Gasteiger charge is 2.19. The summed E-state index contributed by atoms with van der Waals surface area (Å²) in [4.78, 5) is 4.72. The number of aromatic nitrogens is 1. The third-order valence-electron chi connectivity index (χ3n) is 4.10. The van der Waals surface area contributed by atoms with E-state index in [1.54, 1.807) is 0 Å². The Morgan fingerprint density at radius 3 is 1.77 bits per heavy atom. The van der Waals surface area contributed by atoms with Crippen LogP contribution in [0.15, 0.2) is 34.9 Å². The molecule has 0 unspecified atom stereocenters. The Morgan fingerprint density at radius 1 is 0.818 bits per heavy atom. The molecule has 0 N–H and O–H groups in total. The first-order valence-corrected chi connectivity index (χ1v) is 8.91. The van der Waals surface area contributed by atoms with Crippen LogP contribution in [-0.4, -0.2) is 4.98 Å². The second kappa shape index (κ2) is 6.95. The molecule has 1 aromatic carbocycles. The minimum atomic E-state index is 0.479. The van der Waals surface area contributed by atoms with Gasteiger partial charge in [0.05, 0.1) is 5.69 Å². The van der Waals surface area contributed by atoms with Gasteiger partial charge in [-0.05, 0) is 62.5 Å². The van der Waals surface area contributed by atoms with Crippen LogP contribution in [0.5, 0.6) is 0 Å². The fourth-order valence-corrected chi connectivity index (χ4v) is 3.14. The lowest BCUT2D eigenvalue weighted by atomic mass is 9.83. The SMILES string of the molecule is CC(C)c1cc(C(C)C)c(-c2cccc(Br)n2)c(C(C)C)c1. The van der Waals surface area contributed by atoms with Crippen molar-refractivity contribution in [3.05, 3.63) is 51.6 Å². The summed E-state index contributed by atoms with van der Waals surface area (Å²) in [6.45, 7) is 13.6. The number of rotatable bonds is 4. The van der Waals surface area contributed by atoms with Crippen LogP contribution in [0.3, 0.4) is 0 Å². The molecule has 0 amide bonds. The third kappa shape index (κ3) is 3.60. The van der Waals surface area contributed by atoms with Crippen LogP contribution in [0, 0.1) is 0 Å². The van der Waals surface area contributed by atoms with Crippen molar-refractivity contribution in [2.24, 2.45) is 0 Å². The Bertz CT molecular complexity index is 628. The lowest BCUT2D eigenvalue weighted by Crippen LogP contribution is -2.04. The molecule has 1 aromatic heterocycles. The highest BCUT2D eigenvalue weighted by molar-refractivity contribution is 9.10. The van der Waals surface area contributed by atoms with E-state index in [9.17, 15) is 0 Å². The third-order valence-corrected chi connectivity index (χ3v) is 4.55. The fraction of sp³-hybridized carbons (Fsp3) is 0.450. The van der Waals surface area contributed by atoms with Crippen molar-refractivity contribution >= 4 is 15.9 Å². The maximum absolute atomic E-state index is 4.72. The van der Waals surface area contributed by atoms with Gasteiger partial charge in [-0.25, -0.2) is 4.98 Å². The van der Waals surface area contributed by atoms with Crippen LogP contribution < -0.4 is 0 Å². The topological polar surface area (TPSA) is 12.9 Å². The molecule has 0 saturated carbocycles. The van der Waals surface area contributed by atoms with E-state index in [0.717, 1.165) is 10.3 Å². The van der Waals surface area contributed by atoms with E-state index >= 15 is 0 Å². The second-order valence-electron chi connectivity index (χ2n) is 6.88. The Balaban J connectivity index is 2.79. The zero-order chi connectivity index (χ0) is 16.4. The van der Waals surface area contributed by atoms with Crippen molar-refractivity contribution in [1.29, 1.82) is 0 Å². The van der Waals surface area contributed by atoms with Crippen molar-refractivity contribution in [2.75, 3.05) is 0 Å². The number of hydrogen-bond acceptors (Lipinski definition) is 1. The molecule has 0 aliphatic carbocycles. The molecule has 0 fully saturated rings. The molecule has 2 heteroatoms. The van der Waals surface area contributed by atoms with E-state index in [1.807, 2.05) is 6.07 Å². The lowest BCUT2D eigenvalue weighted by Gasteiger charge is -2.22. The highest BCUT2D eigenvalue weighted by atomic mass is 79.9. The Morgan fingerprint density at radius 2 is 1.36 bits per heavy atom. The molecular formula is C20H26BrN. The molecule has 0 bridgehead atoms. The molecule has 0 radical (unpaired) electrons. The van der Waals surface area contributed by atoms with E-state index in [2.05, 4.69) is 81.7 Å². The van der Waals surface area contributed by atoms with Gasteiger partial charge in [-0.2, -0.15) is 0 Å². The first-order chi connectivity index (χ1) is 10.3. The average Bonchev–Trinajstić information content (AvgIpc) is 2.45. The summed E-state index contributed by atoms with van der Waals surface area (Å²) in [5, 5.41) is 0. The normalized spacial score (nSPS) is 11.7. The monoisotopic (exact) mass is 359 g/mol. The van der Waals surface area contributed by atoms with Crippen molar-refractivity contribution in [3.63, 3.8) is 0 Å². The van der Waals surface area contributed by atoms with Crippen LogP contribution >= 0.6 is 15.9 Å². The zero-order valence-electron chi connectivity index (χ0n) is 14.4. The van der Waals surface area contributed by atoms with Crippen LogP contribution in [0.2, 0.25) is 0 Å². The summed E-state index contributed by atoms with van der Waals surface area (Å²) in [7, 11) is 0. The number of pyridine rings is 1. The van der Waals surface area contributed by atoms with E-state index in [-0.39, 0.29) is 0 Å². The van der Waals surface area contributed by atoms with Gasteiger partial charge in [-0.15, -0.1) is 0 Å². The molecule has 2 rings (SSSR count). The molecule has 118 valence electrons. The number of benzene rings is 1. The van der Waals surface area contributed by atoms with Gasteiger partial charge >= 0.3 is 0 Å². The van der Waals surface area contributed by atoms with Gasteiger partial charge < -0.3 is 0 Å². The maximum Gasteiger partial charge on any atom is 0.106 e. The number of nitrogens with zero attached hydrogens (tertiary/aromatic N) is 1. The Kier molecular flexibility index (Phi) is 5.44. The molecule has 0 spiro atoms. The molecular weight excluding hydrogens is 334 g/mol. The molecule has 0 aliphatic heterocycles. The molecule has 22 heavy (non-hydrogen) atoms. The summed E-state index contributed by atoms with van der Waals surface area (Å²) in [6, 6.07) is 10.9. The Labute approximate surface area is 143 Å². The molecule has 2 aromatic rings. The predicted molar refractivity (Wildman–Crippen MR) is 99.6 cm³/mol. The van der Waals surface area contributed by atoms with E-state index < -0.39 is 0 Å². The van der Waals surface area contributed by atoms with Gasteiger partial charge in [0.15, 0.2) is 0 Å². The van der Waals surface area contributed by atoms with Gasteiger partial charge in [-0.3, -0.25) is 0 Å². The summed E-state index contributed by atoms with van der Waals surface area (Å²) < 4.78 is 0.891. The zero-order valence-corrected chi connectivity index (χ0v) is 16.0. The van der Waals surface area contributed by atoms with Crippen molar-refractivity contribution in [1.82, 2.24) is 4.98 Å². The molecule has 0 atom stereocenters. The van der Waals surface area contributed by atoms with Gasteiger partial charge in [0.1, 0.15) is 4.60 Å². The van der Waals surface area contributed by atoms with E-state index in [1.165, 1.54) is 22.3 Å². The smallest absolute Gasteiger partial charge is 0.106 e. The van der Waals surface area contributed by atoms with Crippen molar-refractivity contribution < 1.29 is 0 Å². The second-order valence-corrected chi connectivity index (χ2v) is 7.70. The van der Waals surface area contributed by atoms with E-state index in [4.69, 9.17) is 4.98 Å². The van der Waals surface area contributed by atoms with Gasteiger partial charge in [-0.1, -0.05) is 59.7 Å². The lowest BCUT2D eigenvalue weighted by molar-refractivity contribution is 0.806. The van der Waals surface area contributed by atoms with Crippen LogP contribution in [0.1, 0.15) is 76.0 Å². The summed E-state index contributed by atoms with van der Waals surface area (Å²) >= 11 is 3.51. The summed E-state index contributed by atoms with van der Waals surface area (Å²) in [5.41, 5.74) is 6.61. The Hall–Kier alpha value is -1.15. The molecule has 1 nitrogen and oxygen atoms in total. The number of hydrogen-bond donors (Lipinski definition) is 0. The molecule has 0 saturated heterocycles.